The SMILES string of the molecule is CC(N[C-]=CN=c1cnn(C)[cH-]1)c1cccc(N=C(P)c2cc(C3CC3)on2)c1.[K+]. The molecule has 1 aliphatic rings. The Bertz CT molecular complexity index is 1110. The van der Waals surface area contributed by atoms with Crippen LogP contribution in [0.4, 0.5) is 5.69 Å². The van der Waals surface area contributed by atoms with Crippen molar-refractivity contribution in [2.24, 2.45) is 17.0 Å². The molecule has 3 aromatic rings. The van der Waals surface area contributed by atoms with Gasteiger partial charge in [-0.1, -0.05) is 44.3 Å². The summed E-state index contributed by atoms with van der Waals surface area (Å²) in [7, 11) is 4.51. The molecule has 7 nitrogen and oxygen atoms in total. The van der Waals surface area contributed by atoms with Crippen LogP contribution in [-0.2, 0) is 7.05 Å². The van der Waals surface area contributed by atoms with E-state index in [0.717, 1.165) is 33.5 Å². The quantitative estimate of drug-likeness (QED) is 0.189. The Labute approximate surface area is 220 Å². The summed E-state index contributed by atoms with van der Waals surface area (Å²) >= 11 is 0. The molecule has 0 spiro atoms. The molecule has 9 heteroatoms. The Kier molecular flexibility index (Phi) is 8.45. The van der Waals surface area contributed by atoms with Gasteiger partial charge in [-0.2, -0.15) is 0 Å². The van der Waals surface area contributed by atoms with Gasteiger partial charge < -0.3 is 25.7 Å². The number of rotatable bonds is 7. The van der Waals surface area contributed by atoms with Gasteiger partial charge in [0.2, 0.25) is 0 Å². The maximum absolute atomic E-state index is 5.42. The zero-order chi connectivity index (χ0) is 20.2. The molecule has 2 atom stereocenters. The van der Waals surface area contributed by atoms with E-state index in [1.807, 2.05) is 37.5 Å². The van der Waals surface area contributed by atoms with Crippen LogP contribution in [0.15, 0.2) is 63.4 Å². The summed E-state index contributed by atoms with van der Waals surface area (Å²) in [5.41, 5.74) is 3.49. The smallest absolute Gasteiger partial charge is 0.560 e. The maximum atomic E-state index is 5.42. The molecule has 0 aliphatic heterocycles. The van der Waals surface area contributed by atoms with Gasteiger partial charge in [-0.15, -0.1) is 6.20 Å². The van der Waals surface area contributed by atoms with Crippen LogP contribution < -0.4 is 62.1 Å². The summed E-state index contributed by atoms with van der Waals surface area (Å²) < 4.78 is 7.13. The van der Waals surface area contributed by atoms with E-state index >= 15 is 0 Å². The van der Waals surface area contributed by atoms with Crippen LogP contribution in [0.25, 0.3) is 0 Å². The van der Waals surface area contributed by atoms with Crippen molar-refractivity contribution in [2.45, 2.75) is 31.7 Å². The van der Waals surface area contributed by atoms with E-state index in [0.29, 0.717) is 5.92 Å². The maximum Gasteiger partial charge on any atom is 1.00 e. The Morgan fingerprint density at radius 1 is 1.43 bits per heavy atom. The topological polar surface area (TPSA) is 80.6 Å². The second kappa shape index (κ2) is 10.8. The number of hydrogen-bond donors (Lipinski definition) is 1. The number of hydrogen-bond acceptors (Lipinski definition) is 6. The molecule has 2 unspecified atom stereocenters. The van der Waals surface area contributed by atoms with Gasteiger partial charge in [-0.25, -0.2) is 4.99 Å². The van der Waals surface area contributed by atoms with Crippen molar-refractivity contribution in [3.63, 3.8) is 0 Å². The zero-order valence-corrected chi connectivity index (χ0v) is 21.7. The van der Waals surface area contributed by atoms with Gasteiger partial charge >= 0.3 is 51.4 Å². The Morgan fingerprint density at radius 2 is 2.27 bits per heavy atom. The average Bonchev–Trinajstić information content (AvgIpc) is 3.29. The van der Waals surface area contributed by atoms with E-state index in [1.54, 1.807) is 17.1 Å². The Morgan fingerprint density at radius 3 is 3.00 bits per heavy atom. The number of aryl methyl sites for hydroxylation is 1. The van der Waals surface area contributed by atoms with Crippen molar-refractivity contribution in [3.05, 3.63) is 77.5 Å². The van der Waals surface area contributed by atoms with Crippen LogP contribution in [0.3, 0.4) is 0 Å². The molecule has 1 saturated carbocycles. The van der Waals surface area contributed by atoms with Crippen LogP contribution in [0.1, 0.15) is 48.7 Å². The second-order valence-electron chi connectivity index (χ2n) is 7.12. The number of nitrogens with one attached hydrogen (secondary N) is 1. The summed E-state index contributed by atoms with van der Waals surface area (Å²) in [6.07, 6.45) is 10.5. The molecule has 0 amide bonds. The molecule has 4 rings (SSSR count). The third-order valence-corrected chi connectivity index (χ3v) is 5.08. The van der Waals surface area contributed by atoms with Crippen LogP contribution in [0.5, 0.6) is 0 Å². The zero-order valence-electron chi connectivity index (χ0n) is 17.4. The van der Waals surface area contributed by atoms with Crippen molar-refractivity contribution in [1.82, 2.24) is 20.3 Å². The normalized spacial score (nSPS) is 16.0. The van der Waals surface area contributed by atoms with E-state index in [2.05, 4.69) is 54.0 Å². The van der Waals surface area contributed by atoms with Crippen molar-refractivity contribution in [2.75, 3.05) is 0 Å². The van der Waals surface area contributed by atoms with Crippen LogP contribution >= 0.6 is 9.24 Å². The van der Waals surface area contributed by atoms with E-state index in [9.17, 15) is 0 Å². The van der Waals surface area contributed by atoms with E-state index in [-0.39, 0.29) is 57.4 Å². The van der Waals surface area contributed by atoms with Crippen molar-refractivity contribution < 1.29 is 55.9 Å². The molecule has 30 heavy (non-hydrogen) atoms. The second-order valence-corrected chi connectivity index (χ2v) is 7.67. The largest absolute Gasteiger partial charge is 1.00 e. The number of aliphatic imine (C=N–C) groups is 1. The van der Waals surface area contributed by atoms with Gasteiger partial charge in [0.1, 0.15) is 11.5 Å². The summed E-state index contributed by atoms with van der Waals surface area (Å²) in [4.78, 5) is 8.96. The average molecular weight is 446 g/mol. The van der Waals surface area contributed by atoms with Crippen LogP contribution in [0, 0.1) is 6.20 Å². The first kappa shape index (κ1) is 23.4. The first-order valence-electron chi connectivity index (χ1n) is 9.52. The van der Waals surface area contributed by atoms with Gasteiger partial charge in [0.25, 0.3) is 0 Å². The molecule has 2 heterocycles. The molecule has 0 bridgehead atoms. The van der Waals surface area contributed by atoms with Crippen LogP contribution in [0.2, 0.25) is 0 Å². The first-order chi connectivity index (χ1) is 14.1. The fraction of sp³-hybridized carbons (Fsp3) is 0.286. The number of aromatic nitrogens is 3. The molecule has 1 aromatic carbocycles. The monoisotopic (exact) mass is 445 g/mol. The minimum Gasteiger partial charge on any atom is -0.560 e. The summed E-state index contributed by atoms with van der Waals surface area (Å²) in [5, 5.41) is 12.2. The minimum absolute atomic E-state index is 0. The van der Waals surface area contributed by atoms with Gasteiger partial charge in [0.15, 0.2) is 0 Å². The summed E-state index contributed by atoms with van der Waals surface area (Å²) in [6, 6.07) is 10.1. The molecule has 150 valence electrons. The molecule has 2 aromatic heterocycles. The molecular formula is C21H23KN6OP-. The van der Waals surface area contributed by atoms with E-state index < -0.39 is 0 Å². The van der Waals surface area contributed by atoms with Crippen LogP contribution in [-0.4, -0.2) is 20.4 Å². The summed E-state index contributed by atoms with van der Waals surface area (Å²) in [6.45, 7) is 2.06. The Balaban J connectivity index is 0.00000256. The first-order valence-corrected chi connectivity index (χ1v) is 10.1. The summed E-state index contributed by atoms with van der Waals surface area (Å²) in [5.74, 6) is 1.50. The molecular weight excluding hydrogens is 422 g/mol. The van der Waals surface area contributed by atoms with Crippen molar-refractivity contribution in [1.29, 1.82) is 0 Å². The fourth-order valence-electron chi connectivity index (χ4n) is 2.86. The third-order valence-electron chi connectivity index (χ3n) is 4.66. The molecule has 1 fully saturated rings. The number of benzene rings is 1. The molecule has 1 aliphatic carbocycles. The standard InChI is InChI=1S/C21H23N6OP.K/c1-14(22-8-9-23-18-12-24-27(2)13-18)16-4-3-5-17(10-16)25-21(29)19-11-20(28-26-19)15-6-7-15;/h3-5,9-15,22H,6-7,29H2,1-2H3;/q-2;+1. The van der Waals surface area contributed by atoms with Crippen molar-refractivity contribution in [3.8, 4) is 0 Å². The van der Waals surface area contributed by atoms with Gasteiger partial charge in [-0.05, 0) is 37.5 Å². The molecule has 0 radical (unpaired) electrons. The van der Waals surface area contributed by atoms with Crippen molar-refractivity contribution >= 4 is 20.4 Å². The van der Waals surface area contributed by atoms with E-state index in [1.165, 1.54) is 12.8 Å². The number of nitrogens with zero attached hydrogens (tertiary/aromatic N) is 5. The predicted octanol–water partition coefficient (Wildman–Crippen LogP) is 0.488. The van der Waals surface area contributed by atoms with Gasteiger partial charge in [-0.3, -0.25) is 5.10 Å². The molecule has 0 saturated heterocycles. The predicted molar refractivity (Wildman–Crippen MR) is 115 cm³/mol. The Hall–Kier alpha value is -1.28. The fourth-order valence-corrected chi connectivity index (χ4v) is 3.14. The van der Waals surface area contributed by atoms with Gasteiger partial charge in [0, 0.05) is 25.1 Å². The molecule has 1 N–H and O–H groups in total. The minimum atomic E-state index is 0. The van der Waals surface area contributed by atoms with E-state index in [4.69, 9.17) is 4.52 Å². The third kappa shape index (κ3) is 6.36. The van der Waals surface area contributed by atoms with Gasteiger partial charge in [0.05, 0.1) is 11.1 Å².